The molecule has 0 bridgehead atoms. The molecule has 34 heavy (non-hydrogen) atoms. The van der Waals surface area contributed by atoms with E-state index in [1.54, 1.807) is 6.07 Å². The van der Waals surface area contributed by atoms with Crippen LogP contribution in [-0.4, -0.2) is 40.5 Å². The third kappa shape index (κ3) is 4.54. The Hall–Kier alpha value is -4.02. The maximum Gasteiger partial charge on any atom is 0.416 e. The van der Waals surface area contributed by atoms with E-state index in [1.165, 1.54) is 17.0 Å². The van der Waals surface area contributed by atoms with E-state index in [0.29, 0.717) is 5.56 Å². The van der Waals surface area contributed by atoms with Crippen LogP contribution in [0.3, 0.4) is 0 Å². The van der Waals surface area contributed by atoms with E-state index in [2.05, 4.69) is 10.6 Å². The molecule has 1 atom stereocenters. The second-order valence-electron chi connectivity index (χ2n) is 7.99. The molecule has 0 saturated carbocycles. The molecule has 11 heteroatoms. The second-order valence-corrected chi connectivity index (χ2v) is 7.99. The van der Waals surface area contributed by atoms with Gasteiger partial charge in [-0.05, 0) is 35.7 Å². The van der Waals surface area contributed by atoms with E-state index < -0.39 is 47.3 Å². The number of carbonyl (C=O) groups excluding carboxylic acids is 5. The third-order valence-corrected chi connectivity index (χ3v) is 5.70. The van der Waals surface area contributed by atoms with Gasteiger partial charge < -0.3 is 4.90 Å². The number of hydrogen-bond acceptors (Lipinski definition) is 5. The monoisotopic (exact) mass is 473 g/mol. The van der Waals surface area contributed by atoms with Crippen molar-refractivity contribution in [3.8, 4) is 0 Å². The van der Waals surface area contributed by atoms with Gasteiger partial charge in [0, 0.05) is 13.0 Å². The molecule has 0 aliphatic carbocycles. The van der Waals surface area contributed by atoms with Crippen LogP contribution in [0.15, 0.2) is 42.5 Å². The van der Waals surface area contributed by atoms with E-state index in [0.717, 1.165) is 24.3 Å². The van der Waals surface area contributed by atoms with Crippen LogP contribution in [0.1, 0.15) is 50.2 Å². The first kappa shape index (κ1) is 23.1. The second kappa shape index (κ2) is 8.73. The molecule has 0 radical (unpaired) electrons. The van der Waals surface area contributed by atoms with Crippen molar-refractivity contribution in [2.45, 2.75) is 38.0 Å². The lowest BCUT2D eigenvalue weighted by atomic mass is 10.0. The minimum Gasteiger partial charge on any atom is -0.322 e. The summed E-state index contributed by atoms with van der Waals surface area (Å²) < 4.78 is 38.0. The van der Waals surface area contributed by atoms with Gasteiger partial charge >= 0.3 is 6.18 Å². The van der Waals surface area contributed by atoms with Crippen LogP contribution in [0.2, 0.25) is 0 Å². The van der Waals surface area contributed by atoms with Crippen molar-refractivity contribution in [3.63, 3.8) is 0 Å². The Morgan fingerprint density at radius 3 is 2.41 bits per heavy atom. The number of fused-ring (bicyclic) bond motifs is 1. The average molecular weight is 473 g/mol. The lowest BCUT2D eigenvalue weighted by Gasteiger charge is -2.29. The minimum atomic E-state index is -4.50. The highest BCUT2D eigenvalue weighted by molar-refractivity contribution is 6.14. The van der Waals surface area contributed by atoms with Gasteiger partial charge in [-0.2, -0.15) is 13.2 Å². The summed E-state index contributed by atoms with van der Waals surface area (Å²) in [6, 6.07) is 7.66. The molecule has 2 N–H and O–H groups in total. The summed E-state index contributed by atoms with van der Waals surface area (Å²) in [5.74, 6) is -3.17. The van der Waals surface area contributed by atoms with E-state index in [-0.39, 0.29) is 42.5 Å². The van der Waals surface area contributed by atoms with Crippen LogP contribution in [-0.2, 0) is 33.5 Å². The number of piperidine rings is 1. The summed E-state index contributed by atoms with van der Waals surface area (Å²) in [7, 11) is 0. The average Bonchev–Trinajstić information content (AvgIpc) is 3.10. The zero-order valence-corrected chi connectivity index (χ0v) is 17.6. The zero-order chi connectivity index (χ0) is 24.6. The SMILES string of the molecule is O=C(Cc1ccc(C(F)(F)F)cc1)NC(=O)c1cccc2c1C(=O)N(C1CCC(=O)NC1=O)C2. The lowest BCUT2D eigenvalue weighted by Crippen LogP contribution is -2.52. The molecule has 5 amide bonds. The van der Waals surface area contributed by atoms with Crippen molar-refractivity contribution in [2.75, 3.05) is 0 Å². The number of halogens is 3. The molecule has 1 fully saturated rings. The fraction of sp³-hybridized carbons (Fsp3) is 0.261. The quantitative estimate of drug-likeness (QED) is 0.660. The van der Waals surface area contributed by atoms with Crippen molar-refractivity contribution >= 4 is 29.5 Å². The van der Waals surface area contributed by atoms with Crippen LogP contribution >= 0.6 is 0 Å². The molecule has 1 unspecified atom stereocenters. The summed E-state index contributed by atoms with van der Waals surface area (Å²) in [4.78, 5) is 63.0. The summed E-state index contributed by atoms with van der Waals surface area (Å²) in [5.41, 5.74) is -0.0778. The van der Waals surface area contributed by atoms with Crippen molar-refractivity contribution in [1.82, 2.24) is 15.5 Å². The first-order valence-corrected chi connectivity index (χ1v) is 10.3. The standard InChI is InChI=1S/C23H18F3N3O5/c24-23(25,26)14-6-4-12(5-7-14)10-18(31)28-20(32)15-3-1-2-13-11-29(22(34)19(13)15)16-8-9-17(30)27-21(16)33/h1-7,16H,8-11H2,(H,27,30,33)(H,28,31,32). The molecular formula is C23H18F3N3O5. The number of nitrogens with zero attached hydrogens (tertiary/aromatic N) is 1. The largest absolute Gasteiger partial charge is 0.416 e. The molecule has 2 aromatic carbocycles. The molecule has 4 rings (SSSR count). The minimum absolute atomic E-state index is 0.0573. The van der Waals surface area contributed by atoms with Crippen molar-refractivity contribution in [2.24, 2.45) is 0 Å². The predicted molar refractivity (Wildman–Crippen MR) is 110 cm³/mol. The summed E-state index contributed by atoms with van der Waals surface area (Å²) in [5, 5.41) is 4.35. The Bertz CT molecular complexity index is 1210. The van der Waals surface area contributed by atoms with Crippen molar-refractivity contribution in [3.05, 3.63) is 70.3 Å². The Kier molecular flexibility index (Phi) is 5.94. The third-order valence-electron chi connectivity index (χ3n) is 5.70. The summed E-state index contributed by atoms with van der Waals surface area (Å²) in [6.45, 7) is 0.0705. The molecule has 2 heterocycles. The molecule has 2 aromatic rings. The number of rotatable bonds is 4. The Balaban J connectivity index is 1.46. The molecule has 176 valence electrons. The maximum absolute atomic E-state index is 13.0. The lowest BCUT2D eigenvalue weighted by molar-refractivity contribution is -0.138. The molecule has 0 spiro atoms. The van der Waals surface area contributed by atoms with Gasteiger partial charge in [0.15, 0.2) is 0 Å². The van der Waals surface area contributed by atoms with Crippen LogP contribution < -0.4 is 10.6 Å². The van der Waals surface area contributed by atoms with E-state index in [4.69, 9.17) is 0 Å². The number of hydrogen-bond donors (Lipinski definition) is 2. The number of alkyl halides is 3. The van der Waals surface area contributed by atoms with Gasteiger partial charge in [-0.15, -0.1) is 0 Å². The van der Waals surface area contributed by atoms with Crippen molar-refractivity contribution < 1.29 is 37.1 Å². The van der Waals surface area contributed by atoms with Gasteiger partial charge in [-0.25, -0.2) is 0 Å². The Morgan fingerprint density at radius 1 is 1.06 bits per heavy atom. The number of nitrogens with one attached hydrogen (secondary N) is 2. The number of amides is 5. The first-order chi connectivity index (χ1) is 16.0. The highest BCUT2D eigenvalue weighted by Crippen LogP contribution is 2.30. The van der Waals surface area contributed by atoms with E-state index in [1.807, 2.05) is 0 Å². The van der Waals surface area contributed by atoms with Gasteiger partial charge in [-0.1, -0.05) is 24.3 Å². The molecule has 8 nitrogen and oxygen atoms in total. The van der Waals surface area contributed by atoms with E-state index >= 15 is 0 Å². The van der Waals surface area contributed by atoms with Crippen LogP contribution in [0.25, 0.3) is 0 Å². The highest BCUT2D eigenvalue weighted by atomic mass is 19.4. The highest BCUT2D eigenvalue weighted by Gasteiger charge is 2.40. The Labute approximate surface area is 191 Å². The normalized spacial score (nSPS) is 17.9. The van der Waals surface area contributed by atoms with Crippen LogP contribution in [0.4, 0.5) is 13.2 Å². The Morgan fingerprint density at radius 2 is 1.76 bits per heavy atom. The molecule has 2 aliphatic heterocycles. The van der Waals surface area contributed by atoms with Gasteiger partial charge in [-0.3, -0.25) is 34.6 Å². The fourth-order valence-corrected chi connectivity index (χ4v) is 4.04. The topological polar surface area (TPSA) is 113 Å². The molecular weight excluding hydrogens is 455 g/mol. The van der Waals surface area contributed by atoms with E-state index in [9.17, 15) is 37.1 Å². The fourth-order valence-electron chi connectivity index (χ4n) is 4.04. The van der Waals surface area contributed by atoms with Gasteiger partial charge in [0.05, 0.1) is 23.1 Å². The summed E-state index contributed by atoms with van der Waals surface area (Å²) >= 11 is 0. The number of imide groups is 2. The molecule has 2 aliphatic rings. The number of benzene rings is 2. The van der Waals surface area contributed by atoms with Crippen LogP contribution in [0.5, 0.6) is 0 Å². The summed E-state index contributed by atoms with van der Waals surface area (Å²) in [6.07, 6.45) is -4.59. The molecule has 1 saturated heterocycles. The molecule has 0 aromatic heterocycles. The van der Waals surface area contributed by atoms with Crippen LogP contribution in [0, 0.1) is 0 Å². The maximum atomic E-state index is 13.0. The van der Waals surface area contributed by atoms with Gasteiger partial charge in [0.2, 0.25) is 17.7 Å². The number of carbonyl (C=O) groups is 5. The van der Waals surface area contributed by atoms with Crippen molar-refractivity contribution in [1.29, 1.82) is 0 Å². The van der Waals surface area contributed by atoms with Gasteiger partial charge in [0.1, 0.15) is 6.04 Å². The smallest absolute Gasteiger partial charge is 0.322 e. The zero-order valence-electron chi connectivity index (χ0n) is 17.6. The first-order valence-electron chi connectivity index (χ1n) is 10.3. The van der Waals surface area contributed by atoms with Gasteiger partial charge in [0.25, 0.3) is 11.8 Å². The predicted octanol–water partition coefficient (Wildman–Crippen LogP) is 1.97.